The van der Waals surface area contributed by atoms with Crippen LogP contribution in [0.5, 0.6) is 0 Å². The molecule has 9 heteroatoms. The molecule has 122 valence electrons. The van der Waals surface area contributed by atoms with Gasteiger partial charge in [-0.25, -0.2) is 4.79 Å². The van der Waals surface area contributed by atoms with Gasteiger partial charge < -0.3 is 10.1 Å². The van der Waals surface area contributed by atoms with E-state index in [1.54, 1.807) is 40.9 Å². The van der Waals surface area contributed by atoms with Gasteiger partial charge in [-0.2, -0.15) is 9.61 Å². The van der Waals surface area contributed by atoms with Gasteiger partial charge in [-0.05, 0) is 36.4 Å². The standard InChI is InChI=1S/C15H13N5O3S/c1-23-15(22)10-2-4-11(5-3-10)17-13(21)8-24-14-7-6-12-18-16-9-20(12)19-14/h2-7,9H,8H2,1H3,(H,17,21). The number of nitrogens with zero attached hydrogens (tertiary/aromatic N) is 4. The van der Waals surface area contributed by atoms with Gasteiger partial charge in [-0.3, -0.25) is 4.79 Å². The zero-order chi connectivity index (χ0) is 16.9. The van der Waals surface area contributed by atoms with Crippen molar-refractivity contribution >= 4 is 35.0 Å². The van der Waals surface area contributed by atoms with Crippen LogP contribution < -0.4 is 5.32 Å². The molecule has 1 amide bonds. The second-order valence-electron chi connectivity index (χ2n) is 4.71. The Balaban J connectivity index is 1.56. The van der Waals surface area contributed by atoms with Gasteiger partial charge in [0.1, 0.15) is 11.4 Å². The number of methoxy groups -OCH3 is 1. The highest BCUT2D eigenvalue weighted by Gasteiger charge is 2.08. The molecule has 0 aliphatic heterocycles. The van der Waals surface area contributed by atoms with Crippen molar-refractivity contribution in [2.75, 3.05) is 18.2 Å². The molecular weight excluding hydrogens is 330 g/mol. The van der Waals surface area contributed by atoms with Crippen LogP contribution in [0.1, 0.15) is 10.4 Å². The lowest BCUT2D eigenvalue weighted by Crippen LogP contribution is -2.14. The maximum atomic E-state index is 12.0. The SMILES string of the molecule is COC(=O)c1ccc(NC(=O)CSc2ccc3nncn3n2)cc1. The molecule has 24 heavy (non-hydrogen) atoms. The van der Waals surface area contributed by atoms with Crippen molar-refractivity contribution in [2.45, 2.75) is 5.03 Å². The predicted octanol–water partition coefficient (Wildman–Crippen LogP) is 1.64. The van der Waals surface area contributed by atoms with Gasteiger partial charge in [-0.15, -0.1) is 10.2 Å². The van der Waals surface area contributed by atoms with Gasteiger partial charge in [0.05, 0.1) is 18.4 Å². The van der Waals surface area contributed by atoms with Gasteiger partial charge >= 0.3 is 5.97 Å². The molecule has 1 aromatic carbocycles. The average Bonchev–Trinajstić information content (AvgIpc) is 3.07. The second kappa shape index (κ2) is 7.09. The highest BCUT2D eigenvalue weighted by molar-refractivity contribution is 7.99. The van der Waals surface area contributed by atoms with Crippen molar-refractivity contribution in [1.82, 2.24) is 19.8 Å². The molecule has 0 saturated carbocycles. The van der Waals surface area contributed by atoms with Crippen LogP contribution in [0.25, 0.3) is 5.65 Å². The number of carbonyl (C=O) groups excluding carboxylic acids is 2. The lowest BCUT2D eigenvalue weighted by Gasteiger charge is -2.06. The molecule has 0 bridgehead atoms. The minimum absolute atomic E-state index is 0.170. The van der Waals surface area contributed by atoms with Gasteiger partial charge in [0.2, 0.25) is 5.91 Å². The molecule has 0 atom stereocenters. The molecule has 0 spiro atoms. The molecule has 8 nitrogen and oxygen atoms in total. The van der Waals surface area contributed by atoms with Gasteiger partial charge in [-0.1, -0.05) is 11.8 Å². The molecular formula is C15H13N5O3S. The van der Waals surface area contributed by atoms with E-state index >= 15 is 0 Å². The van der Waals surface area contributed by atoms with Crippen LogP contribution in [0.2, 0.25) is 0 Å². The van der Waals surface area contributed by atoms with Crippen LogP contribution in [0.3, 0.4) is 0 Å². The number of rotatable bonds is 5. The molecule has 2 heterocycles. The van der Waals surface area contributed by atoms with Gasteiger partial charge in [0.15, 0.2) is 5.65 Å². The van der Waals surface area contributed by atoms with Crippen molar-refractivity contribution in [2.24, 2.45) is 0 Å². The largest absolute Gasteiger partial charge is 0.465 e. The Morgan fingerprint density at radius 1 is 1.21 bits per heavy atom. The molecule has 0 aliphatic rings. The number of amides is 1. The molecule has 1 N–H and O–H groups in total. The zero-order valence-electron chi connectivity index (χ0n) is 12.7. The van der Waals surface area contributed by atoms with E-state index in [1.807, 2.05) is 0 Å². The van der Waals surface area contributed by atoms with E-state index in [1.165, 1.54) is 25.2 Å². The number of carbonyl (C=O) groups is 2. The summed E-state index contributed by atoms with van der Waals surface area (Å²) in [6, 6.07) is 10.1. The number of thioether (sulfide) groups is 1. The third kappa shape index (κ3) is 3.69. The number of benzene rings is 1. The summed E-state index contributed by atoms with van der Waals surface area (Å²) in [6.07, 6.45) is 1.50. The summed E-state index contributed by atoms with van der Waals surface area (Å²) in [7, 11) is 1.32. The fourth-order valence-electron chi connectivity index (χ4n) is 1.93. The molecule has 3 rings (SSSR count). The van der Waals surface area contributed by atoms with E-state index in [0.29, 0.717) is 21.9 Å². The van der Waals surface area contributed by atoms with E-state index in [-0.39, 0.29) is 11.7 Å². The molecule has 0 saturated heterocycles. The number of hydrogen-bond acceptors (Lipinski definition) is 7. The molecule has 3 aromatic rings. The summed E-state index contributed by atoms with van der Waals surface area (Å²) >= 11 is 1.30. The van der Waals surface area contributed by atoms with Crippen LogP contribution in [-0.4, -0.2) is 44.6 Å². The van der Waals surface area contributed by atoms with Crippen molar-refractivity contribution in [1.29, 1.82) is 0 Å². The highest BCUT2D eigenvalue weighted by atomic mass is 32.2. The topological polar surface area (TPSA) is 98.5 Å². The van der Waals surface area contributed by atoms with Crippen molar-refractivity contribution in [3.63, 3.8) is 0 Å². The third-order valence-corrected chi connectivity index (χ3v) is 4.00. The fraction of sp³-hybridized carbons (Fsp3) is 0.133. The van der Waals surface area contributed by atoms with Crippen LogP contribution in [0.15, 0.2) is 47.8 Å². The van der Waals surface area contributed by atoms with Gasteiger partial charge in [0.25, 0.3) is 0 Å². The number of fused-ring (bicyclic) bond motifs is 1. The lowest BCUT2D eigenvalue weighted by molar-refractivity contribution is -0.113. The first kappa shape index (κ1) is 15.9. The predicted molar refractivity (Wildman–Crippen MR) is 87.9 cm³/mol. The van der Waals surface area contributed by atoms with E-state index in [2.05, 4.69) is 25.3 Å². The Bertz CT molecular complexity index is 878. The molecule has 0 radical (unpaired) electrons. The Kier molecular flexibility index (Phi) is 4.71. The molecule has 0 aliphatic carbocycles. The second-order valence-corrected chi connectivity index (χ2v) is 5.71. The van der Waals surface area contributed by atoms with E-state index in [0.717, 1.165) is 0 Å². The lowest BCUT2D eigenvalue weighted by atomic mass is 10.2. The highest BCUT2D eigenvalue weighted by Crippen LogP contribution is 2.16. The zero-order valence-corrected chi connectivity index (χ0v) is 13.5. The van der Waals surface area contributed by atoms with Crippen LogP contribution in [-0.2, 0) is 9.53 Å². The summed E-state index contributed by atoms with van der Waals surface area (Å²) in [5.41, 5.74) is 1.68. The van der Waals surface area contributed by atoms with Crippen molar-refractivity contribution < 1.29 is 14.3 Å². The summed E-state index contributed by atoms with van der Waals surface area (Å²) in [6.45, 7) is 0. The summed E-state index contributed by atoms with van der Waals surface area (Å²) < 4.78 is 6.17. The number of aromatic nitrogens is 4. The smallest absolute Gasteiger partial charge is 0.337 e. The quantitative estimate of drug-likeness (QED) is 0.555. The summed E-state index contributed by atoms with van der Waals surface area (Å²) in [5, 5.41) is 15.3. The Labute approximate surface area is 141 Å². The maximum absolute atomic E-state index is 12.0. The number of nitrogens with one attached hydrogen (secondary N) is 1. The Morgan fingerprint density at radius 3 is 2.75 bits per heavy atom. The third-order valence-electron chi connectivity index (χ3n) is 3.08. The number of ether oxygens (including phenoxy) is 1. The Morgan fingerprint density at radius 2 is 2.00 bits per heavy atom. The van der Waals surface area contributed by atoms with E-state index in [4.69, 9.17) is 0 Å². The average molecular weight is 343 g/mol. The summed E-state index contributed by atoms with van der Waals surface area (Å²) in [5.74, 6) is -0.380. The normalized spacial score (nSPS) is 10.5. The van der Waals surface area contributed by atoms with Crippen LogP contribution in [0.4, 0.5) is 5.69 Å². The summed E-state index contributed by atoms with van der Waals surface area (Å²) in [4.78, 5) is 23.3. The molecule has 0 unspecified atom stereocenters. The maximum Gasteiger partial charge on any atom is 0.337 e. The minimum atomic E-state index is -0.418. The first-order chi connectivity index (χ1) is 11.7. The Hall–Kier alpha value is -2.94. The van der Waals surface area contributed by atoms with E-state index in [9.17, 15) is 9.59 Å². The van der Waals surface area contributed by atoms with Crippen LogP contribution >= 0.6 is 11.8 Å². The van der Waals surface area contributed by atoms with Crippen molar-refractivity contribution in [3.05, 3.63) is 48.3 Å². The van der Waals surface area contributed by atoms with Crippen molar-refractivity contribution in [3.8, 4) is 0 Å². The first-order valence-corrected chi connectivity index (χ1v) is 7.92. The minimum Gasteiger partial charge on any atom is -0.465 e. The van der Waals surface area contributed by atoms with E-state index < -0.39 is 5.97 Å². The number of anilines is 1. The molecule has 0 fully saturated rings. The van der Waals surface area contributed by atoms with Gasteiger partial charge in [0, 0.05) is 5.69 Å². The fourth-order valence-corrected chi connectivity index (χ4v) is 2.59. The first-order valence-electron chi connectivity index (χ1n) is 6.94. The van der Waals surface area contributed by atoms with Crippen LogP contribution in [0, 0.1) is 0 Å². The number of hydrogen-bond donors (Lipinski definition) is 1. The molecule has 2 aromatic heterocycles. The monoisotopic (exact) mass is 343 g/mol. The number of esters is 1.